The normalized spacial score (nSPS) is 6.64. The van der Waals surface area contributed by atoms with Crippen LogP contribution in [0.25, 0.3) is 5.73 Å². The van der Waals surface area contributed by atoms with E-state index in [-0.39, 0.29) is 50.7 Å². The van der Waals surface area contributed by atoms with Crippen molar-refractivity contribution in [3.63, 3.8) is 0 Å². The molecule has 1 nitrogen and oxygen atoms in total. The van der Waals surface area contributed by atoms with Crippen molar-refractivity contribution in [3.05, 3.63) is 41.6 Å². The van der Waals surface area contributed by atoms with Gasteiger partial charge in [-0.2, -0.15) is 0 Å². The van der Waals surface area contributed by atoms with Crippen molar-refractivity contribution in [1.82, 2.24) is 0 Å². The monoisotopic (exact) mass is 358 g/mol. The van der Waals surface area contributed by atoms with Crippen LogP contribution < -0.4 is 0 Å². The summed E-state index contributed by atoms with van der Waals surface area (Å²) < 4.78 is 0. The molecule has 62 valence electrons. The van der Waals surface area contributed by atoms with E-state index < -0.39 is 0 Å². The standard InChI is InChI=1S/C7H8N.2ClH.Hf/c8-6-7-4-2-1-3-5-7;;;/h1-5,8H,6H2;2*1H;/q-1;;;. The van der Waals surface area contributed by atoms with Crippen molar-refractivity contribution >= 4 is 24.8 Å². The Bertz CT molecular complexity index is 158. The van der Waals surface area contributed by atoms with Crippen LogP contribution in [0.4, 0.5) is 0 Å². The van der Waals surface area contributed by atoms with Crippen molar-refractivity contribution in [2.45, 2.75) is 6.54 Å². The molecule has 0 fully saturated rings. The Morgan fingerprint density at radius 2 is 1.45 bits per heavy atom. The molecule has 0 aliphatic carbocycles. The summed E-state index contributed by atoms with van der Waals surface area (Å²) in [4.78, 5) is 0. The van der Waals surface area contributed by atoms with Gasteiger partial charge < -0.3 is 5.73 Å². The molecule has 0 aromatic heterocycles. The minimum atomic E-state index is 0. The Morgan fingerprint density at radius 3 is 1.73 bits per heavy atom. The smallest absolute Gasteiger partial charge is 0 e. The summed E-state index contributed by atoms with van der Waals surface area (Å²) in [7, 11) is 0. The number of benzene rings is 1. The van der Waals surface area contributed by atoms with E-state index in [9.17, 15) is 0 Å². The summed E-state index contributed by atoms with van der Waals surface area (Å²) in [5, 5.41) is 0. The zero-order chi connectivity index (χ0) is 5.82. The Balaban J connectivity index is -0.000000213. The van der Waals surface area contributed by atoms with Crippen LogP contribution >= 0.6 is 24.8 Å². The van der Waals surface area contributed by atoms with E-state index in [2.05, 4.69) is 0 Å². The second-order valence-corrected chi connectivity index (χ2v) is 1.66. The quantitative estimate of drug-likeness (QED) is 0.690. The fraction of sp³-hybridized carbons (Fsp3) is 0.143. The molecule has 4 heteroatoms. The molecule has 0 saturated carbocycles. The molecule has 0 heterocycles. The summed E-state index contributed by atoms with van der Waals surface area (Å²) in [5.74, 6) is 0. The van der Waals surface area contributed by atoms with Crippen molar-refractivity contribution < 1.29 is 25.8 Å². The van der Waals surface area contributed by atoms with Gasteiger partial charge in [-0.25, -0.2) is 0 Å². The molecular formula is C7H10Cl2HfN-. The minimum absolute atomic E-state index is 0. The van der Waals surface area contributed by atoms with Crippen LogP contribution in [0.15, 0.2) is 30.3 Å². The van der Waals surface area contributed by atoms with Crippen molar-refractivity contribution in [3.8, 4) is 0 Å². The molecule has 0 bridgehead atoms. The average molecular weight is 358 g/mol. The van der Waals surface area contributed by atoms with Gasteiger partial charge in [0.05, 0.1) is 0 Å². The van der Waals surface area contributed by atoms with E-state index in [1.165, 1.54) is 0 Å². The second-order valence-electron chi connectivity index (χ2n) is 1.66. The topological polar surface area (TPSA) is 23.8 Å². The van der Waals surface area contributed by atoms with Crippen LogP contribution in [0.1, 0.15) is 5.56 Å². The number of hydrogen-bond acceptors (Lipinski definition) is 0. The average Bonchev–Trinajstić information content (AvgIpc) is 1.90. The predicted octanol–water partition coefficient (Wildman–Crippen LogP) is 3.08. The van der Waals surface area contributed by atoms with Gasteiger partial charge in [-0.15, -0.1) is 31.4 Å². The van der Waals surface area contributed by atoms with Gasteiger partial charge in [0.2, 0.25) is 0 Å². The third kappa shape index (κ3) is 7.01. The summed E-state index contributed by atoms with van der Waals surface area (Å²) in [5.41, 5.74) is 8.02. The second kappa shape index (κ2) is 10.6. The van der Waals surface area contributed by atoms with Gasteiger partial charge in [0.1, 0.15) is 0 Å². The molecule has 0 amide bonds. The third-order valence-corrected chi connectivity index (χ3v) is 1.05. The molecule has 0 saturated heterocycles. The van der Waals surface area contributed by atoms with Crippen LogP contribution in [-0.4, -0.2) is 0 Å². The van der Waals surface area contributed by atoms with Gasteiger partial charge in [0, 0.05) is 25.8 Å². The number of nitrogens with one attached hydrogen (secondary N) is 1. The first-order valence-corrected chi connectivity index (χ1v) is 2.62. The zero-order valence-corrected chi connectivity index (χ0v) is 11.1. The number of rotatable bonds is 1. The minimum Gasteiger partial charge on any atom is -0.674 e. The van der Waals surface area contributed by atoms with Gasteiger partial charge in [0.15, 0.2) is 0 Å². The van der Waals surface area contributed by atoms with Gasteiger partial charge in [-0.05, 0) is 0 Å². The van der Waals surface area contributed by atoms with E-state index >= 15 is 0 Å². The Labute approximate surface area is 98.4 Å². The molecule has 11 heavy (non-hydrogen) atoms. The fourth-order valence-electron chi connectivity index (χ4n) is 0.596. The van der Waals surface area contributed by atoms with Crippen molar-refractivity contribution in [1.29, 1.82) is 0 Å². The van der Waals surface area contributed by atoms with Crippen LogP contribution in [0.3, 0.4) is 0 Å². The Morgan fingerprint density at radius 1 is 1.00 bits per heavy atom. The first-order chi connectivity index (χ1) is 3.93. The molecule has 0 aliphatic heterocycles. The maximum atomic E-state index is 6.94. The van der Waals surface area contributed by atoms with E-state index in [0.29, 0.717) is 6.54 Å². The van der Waals surface area contributed by atoms with Crippen LogP contribution in [0.2, 0.25) is 0 Å². The predicted molar refractivity (Wildman–Crippen MR) is 49.0 cm³/mol. The first kappa shape index (κ1) is 17.6. The van der Waals surface area contributed by atoms with E-state index in [1.807, 2.05) is 30.3 Å². The zero-order valence-electron chi connectivity index (χ0n) is 5.91. The Kier molecular flexibility index (Phi) is 17.1. The molecule has 0 unspecified atom stereocenters. The van der Waals surface area contributed by atoms with Crippen LogP contribution in [0, 0.1) is 0 Å². The van der Waals surface area contributed by atoms with Gasteiger partial charge in [-0.1, -0.05) is 35.9 Å². The van der Waals surface area contributed by atoms with Crippen LogP contribution in [0.5, 0.6) is 0 Å². The maximum Gasteiger partial charge on any atom is 0 e. The molecule has 1 rings (SSSR count). The molecule has 0 aliphatic rings. The van der Waals surface area contributed by atoms with Gasteiger partial charge >= 0.3 is 0 Å². The summed E-state index contributed by atoms with van der Waals surface area (Å²) in [6.07, 6.45) is 0. The summed E-state index contributed by atoms with van der Waals surface area (Å²) in [6, 6.07) is 9.76. The van der Waals surface area contributed by atoms with Crippen molar-refractivity contribution in [2.75, 3.05) is 0 Å². The third-order valence-electron chi connectivity index (χ3n) is 1.05. The largest absolute Gasteiger partial charge is 0.674 e. The van der Waals surface area contributed by atoms with Gasteiger partial charge in [-0.3, -0.25) is 0 Å². The molecule has 1 N–H and O–H groups in total. The number of halogens is 2. The van der Waals surface area contributed by atoms with Crippen LogP contribution in [-0.2, 0) is 32.4 Å². The maximum absolute atomic E-state index is 6.94. The van der Waals surface area contributed by atoms with Crippen molar-refractivity contribution in [2.24, 2.45) is 0 Å². The van der Waals surface area contributed by atoms with E-state index in [4.69, 9.17) is 5.73 Å². The Hall–Kier alpha value is 0.630. The molecular weight excluding hydrogens is 347 g/mol. The molecule has 1 aromatic carbocycles. The molecule has 1 aromatic rings. The molecule has 0 spiro atoms. The summed E-state index contributed by atoms with van der Waals surface area (Å²) >= 11 is 0. The van der Waals surface area contributed by atoms with E-state index in [1.54, 1.807) is 0 Å². The van der Waals surface area contributed by atoms with E-state index in [0.717, 1.165) is 5.56 Å². The molecule has 0 radical (unpaired) electrons. The summed E-state index contributed by atoms with van der Waals surface area (Å²) in [6.45, 7) is 0.390. The number of hydrogen-bond donors (Lipinski definition) is 0. The molecule has 0 atom stereocenters. The first-order valence-electron chi connectivity index (χ1n) is 2.62. The fourth-order valence-corrected chi connectivity index (χ4v) is 0.596. The van der Waals surface area contributed by atoms with Gasteiger partial charge in [0.25, 0.3) is 0 Å². The SMILES string of the molecule is Cl.Cl.[Hf].[NH-]Cc1ccccc1.